The normalized spacial score (nSPS) is 49.1. The van der Waals surface area contributed by atoms with Crippen LogP contribution in [0.1, 0.15) is 59.3 Å². The number of allylic oxidation sites excluding steroid dienone is 1. The molecule has 4 N–H and O–H groups in total. The molecule has 0 aromatic rings. The lowest BCUT2D eigenvalue weighted by atomic mass is 9.46. The van der Waals surface area contributed by atoms with E-state index in [0.717, 1.165) is 31.4 Å². The van der Waals surface area contributed by atoms with Crippen molar-refractivity contribution in [2.45, 2.75) is 83.1 Å². The first-order valence-electron chi connectivity index (χ1n) is 11.6. The number of ether oxygens (including phenoxy) is 1. The number of rotatable bonds is 5. The lowest BCUT2D eigenvalue weighted by Gasteiger charge is -2.60. The molecule has 0 radical (unpaired) electrons. The molecule has 0 spiro atoms. The molecule has 0 heterocycles. The maximum atomic E-state index is 13.2. The van der Waals surface area contributed by atoms with E-state index in [4.69, 9.17) is 4.74 Å². The highest BCUT2D eigenvalue weighted by Gasteiger charge is 2.66. The van der Waals surface area contributed by atoms with Crippen molar-refractivity contribution in [3.05, 3.63) is 11.6 Å². The lowest BCUT2D eigenvalue weighted by molar-refractivity contribution is -0.152. The number of hydrogen-bond donors (Lipinski definition) is 4. The minimum Gasteiger partial charge on any atom is -0.390 e. The zero-order valence-electron chi connectivity index (χ0n) is 18.9. The molecule has 0 aromatic heterocycles. The van der Waals surface area contributed by atoms with Gasteiger partial charge in [0, 0.05) is 31.0 Å². The van der Waals surface area contributed by atoms with Gasteiger partial charge in [0.1, 0.15) is 0 Å². The van der Waals surface area contributed by atoms with E-state index >= 15 is 0 Å². The highest BCUT2D eigenvalue weighted by Crippen LogP contribution is 2.67. The SMILES string of the molecule is COCCNC(C)C1CC[C@@]2(O)C3=CC(=O)[C@@H]4C[C@@H](O)[C@@H](O)C[C@]4(C)C3CC[C@]12C. The molecule has 9 atom stereocenters. The zero-order valence-corrected chi connectivity index (χ0v) is 18.9. The topological polar surface area (TPSA) is 99.0 Å². The molecular weight excluding hydrogens is 382 g/mol. The Morgan fingerprint density at radius 1 is 1.20 bits per heavy atom. The van der Waals surface area contributed by atoms with Crippen molar-refractivity contribution < 1.29 is 24.9 Å². The summed E-state index contributed by atoms with van der Waals surface area (Å²) in [5, 5.41) is 36.3. The van der Waals surface area contributed by atoms with Crippen molar-refractivity contribution in [1.29, 1.82) is 0 Å². The first-order valence-corrected chi connectivity index (χ1v) is 11.6. The van der Waals surface area contributed by atoms with Crippen molar-refractivity contribution in [2.75, 3.05) is 20.3 Å². The fourth-order valence-corrected chi connectivity index (χ4v) is 7.74. The number of methoxy groups -OCH3 is 1. The van der Waals surface area contributed by atoms with Crippen LogP contribution in [0.5, 0.6) is 0 Å². The molecule has 30 heavy (non-hydrogen) atoms. The van der Waals surface area contributed by atoms with Gasteiger partial charge in [0.2, 0.25) is 0 Å². The van der Waals surface area contributed by atoms with E-state index in [1.165, 1.54) is 0 Å². The second-order valence-electron chi connectivity index (χ2n) is 10.9. The largest absolute Gasteiger partial charge is 0.390 e. The van der Waals surface area contributed by atoms with Gasteiger partial charge in [-0.3, -0.25) is 4.79 Å². The average Bonchev–Trinajstić information content (AvgIpc) is 2.96. The fourth-order valence-electron chi connectivity index (χ4n) is 7.74. The summed E-state index contributed by atoms with van der Waals surface area (Å²) in [6.07, 6.45) is 4.23. The van der Waals surface area contributed by atoms with Crippen LogP contribution in [-0.2, 0) is 9.53 Å². The van der Waals surface area contributed by atoms with Crippen molar-refractivity contribution in [3.8, 4) is 0 Å². The number of fused-ring (bicyclic) bond motifs is 5. The van der Waals surface area contributed by atoms with Gasteiger partial charge in [0.15, 0.2) is 5.78 Å². The van der Waals surface area contributed by atoms with E-state index in [-0.39, 0.29) is 29.1 Å². The molecule has 0 aromatic carbocycles. The number of carbonyl (C=O) groups excluding carboxylic acids is 1. The molecule has 4 rings (SSSR count). The van der Waals surface area contributed by atoms with E-state index in [0.29, 0.717) is 31.8 Å². The number of nitrogens with one attached hydrogen (secondary N) is 1. The summed E-state index contributed by atoms with van der Waals surface area (Å²) in [6.45, 7) is 7.94. The summed E-state index contributed by atoms with van der Waals surface area (Å²) in [6, 6.07) is 0.255. The van der Waals surface area contributed by atoms with E-state index in [9.17, 15) is 20.1 Å². The third-order valence-corrected chi connectivity index (χ3v) is 9.57. The second-order valence-corrected chi connectivity index (χ2v) is 10.9. The highest BCUT2D eigenvalue weighted by atomic mass is 16.5. The maximum Gasteiger partial charge on any atom is 0.159 e. The van der Waals surface area contributed by atoms with Crippen LogP contribution < -0.4 is 5.32 Å². The molecule has 6 heteroatoms. The van der Waals surface area contributed by atoms with Crippen molar-refractivity contribution >= 4 is 5.78 Å². The second kappa shape index (κ2) is 7.66. The molecule has 0 bridgehead atoms. The van der Waals surface area contributed by atoms with Gasteiger partial charge in [0.05, 0.1) is 24.4 Å². The van der Waals surface area contributed by atoms with E-state index in [1.807, 2.05) is 0 Å². The summed E-state index contributed by atoms with van der Waals surface area (Å²) >= 11 is 0. The standard InChI is InChI=1S/C24H39NO5/c1-14(25-9-10-30-4)15-6-8-24(29)17-11-19(26)18-12-20(27)21(28)13-22(18,2)16(17)5-7-23(15,24)3/h11,14-16,18,20-21,25,27-29H,5-10,12-13H2,1-4H3/t14?,15?,16?,18-,20+,21-,22+,23+,24+/m0/s1. The van der Waals surface area contributed by atoms with Crippen LogP contribution >= 0.6 is 0 Å². The average molecular weight is 422 g/mol. The third-order valence-electron chi connectivity index (χ3n) is 9.57. The first kappa shape index (κ1) is 22.4. The first-order chi connectivity index (χ1) is 14.1. The Bertz CT molecular complexity index is 724. The molecule has 0 aliphatic heterocycles. The maximum absolute atomic E-state index is 13.2. The Kier molecular flexibility index (Phi) is 5.72. The number of ketones is 1. The molecule has 6 nitrogen and oxygen atoms in total. The van der Waals surface area contributed by atoms with Crippen LogP contribution in [-0.4, -0.2) is 65.2 Å². The predicted molar refractivity (Wildman–Crippen MR) is 114 cm³/mol. The predicted octanol–water partition coefficient (Wildman–Crippen LogP) is 1.82. The Hall–Kier alpha value is -0.790. The van der Waals surface area contributed by atoms with Gasteiger partial charge in [-0.1, -0.05) is 13.8 Å². The van der Waals surface area contributed by atoms with Crippen LogP contribution in [0.4, 0.5) is 0 Å². The van der Waals surface area contributed by atoms with E-state index in [2.05, 4.69) is 26.1 Å². The number of carbonyl (C=O) groups is 1. The Balaban J connectivity index is 1.65. The molecule has 3 saturated carbocycles. The molecule has 3 unspecified atom stereocenters. The van der Waals surface area contributed by atoms with E-state index in [1.54, 1.807) is 13.2 Å². The van der Waals surface area contributed by atoms with Gasteiger partial charge < -0.3 is 25.4 Å². The van der Waals surface area contributed by atoms with Crippen LogP contribution in [0.25, 0.3) is 0 Å². The minimum absolute atomic E-state index is 0.0158. The molecule has 4 aliphatic carbocycles. The molecule has 4 aliphatic rings. The van der Waals surface area contributed by atoms with Crippen LogP contribution in [0, 0.1) is 28.6 Å². The Morgan fingerprint density at radius 3 is 2.63 bits per heavy atom. The molecule has 170 valence electrons. The highest BCUT2D eigenvalue weighted by molar-refractivity contribution is 5.95. The van der Waals surface area contributed by atoms with Crippen molar-refractivity contribution in [3.63, 3.8) is 0 Å². The number of aliphatic hydroxyl groups excluding tert-OH is 2. The number of hydrogen-bond acceptors (Lipinski definition) is 6. The summed E-state index contributed by atoms with van der Waals surface area (Å²) in [4.78, 5) is 13.2. The van der Waals surface area contributed by atoms with Crippen molar-refractivity contribution in [2.24, 2.45) is 28.6 Å². The van der Waals surface area contributed by atoms with E-state index < -0.39 is 23.2 Å². The molecular formula is C24H39NO5. The quantitative estimate of drug-likeness (QED) is 0.506. The van der Waals surface area contributed by atoms with Crippen LogP contribution in [0.2, 0.25) is 0 Å². The Labute approximate surface area is 180 Å². The fraction of sp³-hybridized carbons (Fsp3) is 0.875. The number of aliphatic hydroxyl groups is 3. The molecule has 0 amide bonds. The van der Waals surface area contributed by atoms with Crippen LogP contribution in [0.3, 0.4) is 0 Å². The third kappa shape index (κ3) is 3.06. The van der Waals surface area contributed by atoms with Crippen molar-refractivity contribution in [1.82, 2.24) is 5.32 Å². The lowest BCUT2D eigenvalue weighted by Crippen LogP contribution is -2.61. The van der Waals surface area contributed by atoms with Gasteiger partial charge in [-0.05, 0) is 74.3 Å². The van der Waals surface area contributed by atoms with Gasteiger partial charge in [0.25, 0.3) is 0 Å². The minimum atomic E-state index is -0.984. The molecule has 3 fully saturated rings. The summed E-state index contributed by atoms with van der Waals surface area (Å²) in [5.74, 6) is 0.142. The summed E-state index contributed by atoms with van der Waals surface area (Å²) < 4.78 is 5.17. The molecule has 0 saturated heterocycles. The van der Waals surface area contributed by atoms with Gasteiger partial charge in [-0.15, -0.1) is 0 Å². The summed E-state index contributed by atoms with van der Waals surface area (Å²) in [7, 11) is 1.70. The van der Waals surface area contributed by atoms with Gasteiger partial charge in [-0.2, -0.15) is 0 Å². The van der Waals surface area contributed by atoms with Gasteiger partial charge in [-0.25, -0.2) is 0 Å². The van der Waals surface area contributed by atoms with Gasteiger partial charge >= 0.3 is 0 Å². The Morgan fingerprint density at radius 2 is 1.93 bits per heavy atom. The smallest absolute Gasteiger partial charge is 0.159 e. The monoisotopic (exact) mass is 421 g/mol. The zero-order chi connectivity index (χ0) is 21.9. The van der Waals surface area contributed by atoms with Crippen LogP contribution in [0.15, 0.2) is 11.6 Å². The summed E-state index contributed by atoms with van der Waals surface area (Å²) in [5.41, 5.74) is -0.777.